The van der Waals surface area contributed by atoms with Crippen LogP contribution in [0.15, 0.2) is 16.7 Å². The number of rotatable bonds is 4. The molecule has 8 heteroatoms. The number of carboxylic acid groups (broad SMARTS) is 1. The first kappa shape index (κ1) is 14.4. The summed E-state index contributed by atoms with van der Waals surface area (Å²) in [4.78, 5) is 10.7. The molecule has 5 nitrogen and oxygen atoms in total. The van der Waals surface area contributed by atoms with E-state index in [0.717, 1.165) is 12.1 Å². The number of nitrogens with zero attached hydrogens (tertiary/aromatic N) is 1. The van der Waals surface area contributed by atoms with E-state index in [2.05, 4.69) is 9.68 Å². The number of ether oxygens (including phenoxy) is 1. The van der Waals surface area contributed by atoms with E-state index < -0.39 is 23.3 Å². The first-order valence-corrected chi connectivity index (χ1v) is 5.69. The van der Waals surface area contributed by atoms with Crippen LogP contribution < -0.4 is 0 Å². The predicted octanol–water partition coefficient (Wildman–Crippen LogP) is 3.12. The molecule has 0 aliphatic heterocycles. The van der Waals surface area contributed by atoms with Crippen molar-refractivity contribution in [1.82, 2.24) is 5.16 Å². The van der Waals surface area contributed by atoms with Gasteiger partial charge in [0, 0.05) is 23.8 Å². The van der Waals surface area contributed by atoms with Gasteiger partial charge in [-0.2, -0.15) is 0 Å². The second kappa shape index (κ2) is 5.56. The molecule has 106 valence electrons. The molecule has 1 N–H and O–H groups in total. The minimum atomic E-state index is -1.34. The molecule has 2 rings (SSSR count). The summed E-state index contributed by atoms with van der Waals surface area (Å²) in [5.41, 5.74) is -0.863. The summed E-state index contributed by atoms with van der Waals surface area (Å²) in [6, 6.07) is 2.10. The molecule has 20 heavy (non-hydrogen) atoms. The number of halogens is 3. The van der Waals surface area contributed by atoms with Gasteiger partial charge in [0.05, 0.1) is 12.2 Å². The fourth-order valence-electron chi connectivity index (χ4n) is 1.59. The molecular weight excluding hydrogens is 296 g/mol. The van der Waals surface area contributed by atoms with Gasteiger partial charge >= 0.3 is 5.97 Å². The predicted molar refractivity (Wildman–Crippen MR) is 64.5 cm³/mol. The lowest BCUT2D eigenvalue weighted by Crippen LogP contribution is -2.00. The van der Waals surface area contributed by atoms with Crippen LogP contribution in [-0.2, 0) is 11.3 Å². The number of aromatic nitrogens is 1. The number of methoxy groups -OCH3 is 1. The fourth-order valence-corrected chi connectivity index (χ4v) is 1.84. The van der Waals surface area contributed by atoms with E-state index in [1.165, 1.54) is 7.11 Å². The zero-order valence-corrected chi connectivity index (χ0v) is 10.9. The van der Waals surface area contributed by atoms with Crippen LogP contribution in [0, 0.1) is 11.6 Å². The van der Waals surface area contributed by atoms with Gasteiger partial charge in [-0.25, -0.2) is 13.6 Å². The number of carbonyl (C=O) groups is 1. The van der Waals surface area contributed by atoms with Crippen LogP contribution in [0.2, 0.25) is 5.02 Å². The Labute approximate surface area is 116 Å². The maximum Gasteiger partial charge on any atom is 0.358 e. The van der Waals surface area contributed by atoms with Gasteiger partial charge in [-0.05, 0) is 6.07 Å². The fraction of sp³-hybridized carbons (Fsp3) is 0.167. The second-order valence-corrected chi connectivity index (χ2v) is 4.23. The zero-order chi connectivity index (χ0) is 14.9. The van der Waals surface area contributed by atoms with Crippen molar-refractivity contribution in [1.29, 1.82) is 0 Å². The van der Waals surface area contributed by atoms with Crippen molar-refractivity contribution in [3.63, 3.8) is 0 Å². The first-order chi connectivity index (χ1) is 9.45. The van der Waals surface area contributed by atoms with E-state index in [1.807, 2.05) is 0 Å². The third kappa shape index (κ3) is 2.50. The highest BCUT2D eigenvalue weighted by atomic mass is 35.5. The molecule has 0 aliphatic carbocycles. The summed E-state index contributed by atoms with van der Waals surface area (Å²) in [5.74, 6) is -3.97. The van der Waals surface area contributed by atoms with Crippen molar-refractivity contribution in [3.8, 4) is 11.3 Å². The van der Waals surface area contributed by atoms with Gasteiger partial charge < -0.3 is 14.4 Å². The summed E-state index contributed by atoms with van der Waals surface area (Å²) >= 11 is 5.84. The van der Waals surface area contributed by atoms with E-state index in [4.69, 9.17) is 21.4 Å². The smallest absolute Gasteiger partial charge is 0.358 e. The average molecular weight is 304 g/mol. The highest BCUT2D eigenvalue weighted by Crippen LogP contribution is 2.32. The van der Waals surface area contributed by atoms with Gasteiger partial charge in [-0.3, -0.25) is 0 Å². The minimum Gasteiger partial charge on any atom is -0.476 e. The maximum atomic E-state index is 13.9. The van der Waals surface area contributed by atoms with Crippen molar-refractivity contribution in [2.75, 3.05) is 7.11 Å². The van der Waals surface area contributed by atoms with Gasteiger partial charge in [-0.1, -0.05) is 16.8 Å². The van der Waals surface area contributed by atoms with E-state index in [0.29, 0.717) is 0 Å². The van der Waals surface area contributed by atoms with Crippen LogP contribution >= 0.6 is 11.6 Å². The summed E-state index contributed by atoms with van der Waals surface area (Å²) in [6.45, 7) is -0.196. The Morgan fingerprint density at radius 1 is 1.45 bits per heavy atom. The van der Waals surface area contributed by atoms with Crippen LogP contribution in [0.3, 0.4) is 0 Å². The molecule has 1 aromatic heterocycles. The standard InChI is InChI=1S/C12H8ClF2NO4/c1-19-4-6-7(13)2-5(10(14)11(6)15)9-3-8(12(17)18)16-20-9/h2-3H,4H2,1H3,(H,17,18). The number of hydrogen-bond acceptors (Lipinski definition) is 4. The molecule has 0 fully saturated rings. The van der Waals surface area contributed by atoms with E-state index in [1.54, 1.807) is 0 Å². The van der Waals surface area contributed by atoms with Gasteiger partial charge in [-0.15, -0.1) is 0 Å². The largest absolute Gasteiger partial charge is 0.476 e. The van der Waals surface area contributed by atoms with Gasteiger partial charge in [0.15, 0.2) is 23.1 Å². The summed E-state index contributed by atoms with van der Waals surface area (Å²) < 4.78 is 37.2. The van der Waals surface area contributed by atoms with Gasteiger partial charge in [0.1, 0.15) is 0 Å². The number of aromatic carboxylic acids is 1. The Kier molecular flexibility index (Phi) is 4.01. The third-order valence-corrected chi connectivity index (χ3v) is 2.87. The molecule has 1 aromatic carbocycles. The molecule has 0 spiro atoms. The lowest BCUT2D eigenvalue weighted by atomic mass is 10.1. The molecule has 0 unspecified atom stereocenters. The van der Waals surface area contributed by atoms with Crippen molar-refractivity contribution >= 4 is 17.6 Å². The summed E-state index contributed by atoms with van der Waals surface area (Å²) in [7, 11) is 1.32. The van der Waals surface area contributed by atoms with E-state index >= 15 is 0 Å². The quantitative estimate of drug-likeness (QED) is 0.879. The average Bonchev–Trinajstić information content (AvgIpc) is 2.88. The van der Waals surface area contributed by atoms with Crippen LogP contribution in [0.4, 0.5) is 8.78 Å². The molecule has 0 saturated heterocycles. The minimum absolute atomic E-state index is 0.0611. The Morgan fingerprint density at radius 3 is 2.70 bits per heavy atom. The van der Waals surface area contributed by atoms with Crippen LogP contribution in [-0.4, -0.2) is 23.3 Å². The van der Waals surface area contributed by atoms with Crippen LogP contribution in [0.5, 0.6) is 0 Å². The molecule has 0 atom stereocenters. The number of benzene rings is 1. The van der Waals surface area contributed by atoms with Crippen molar-refractivity contribution in [3.05, 3.63) is 40.0 Å². The highest BCUT2D eigenvalue weighted by molar-refractivity contribution is 6.31. The molecule has 0 aliphatic rings. The summed E-state index contributed by atoms with van der Waals surface area (Å²) in [5, 5.41) is 11.9. The lowest BCUT2D eigenvalue weighted by molar-refractivity contribution is 0.0686. The third-order valence-electron chi connectivity index (χ3n) is 2.54. The Bertz CT molecular complexity index is 672. The van der Waals surface area contributed by atoms with E-state index in [-0.39, 0.29) is 28.5 Å². The molecule has 0 bridgehead atoms. The molecular formula is C12H8ClF2NO4. The van der Waals surface area contributed by atoms with Gasteiger partial charge in [0.25, 0.3) is 0 Å². The van der Waals surface area contributed by atoms with Crippen molar-refractivity contribution in [2.24, 2.45) is 0 Å². The maximum absolute atomic E-state index is 13.9. The molecule has 1 heterocycles. The first-order valence-electron chi connectivity index (χ1n) is 5.31. The molecule has 0 radical (unpaired) electrons. The monoisotopic (exact) mass is 303 g/mol. The number of hydrogen-bond donors (Lipinski definition) is 1. The molecule has 0 saturated carbocycles. The van der Waals surface area contributed by atoms with Crippen molar-refractivity contribution < 1.29 is 27.9 Å². The Balaban J connectivity index is 2.54. The van der Waals surface area contributed by atoms with E-state index in [9.17, 15) is 13.6 Å². The normalized spacial score (nSPS) is 10.8. The molecule has 0 amide bonds. The molecule has 2 aromatic rings. The Morgan fingerprint density at radius 2 is 2.15 bits per heavy atom. The van der Waals surface area contributed by atoms with Crippen molar-refractivity contribution in [2.45, 2.75) is 6.61 Å². The summed E-state index contributed by atoms with van der Waals surface area (Å²) in [6.07, 6.45) is 0. The topological polar surface area (TPSA) is 72.6 Å². The highest BCUT2D eigenvalue weighted by Gasteiger charge is 2.22. The van der Waals surface area contributed by atoms with Crippen LogP contribution in [0.25, 0.3) is 11.3 Å². The second-order valence-electron chi connectivity index (χ2n) is 3.83. The van der Waals surface area contributed by atoms with Crippen LogP contribution in [0.1, 0.15) is 16.1 Å². The van der Waals surface area contributed by atoms with Gasteiger partial charge in [0.2, 0.25) is 0 Å². The Hall–Kier alpha value is -1.99. The lowest BCUT2D eigenvalue weighted by Gasteiger charge is -2.08. The number of carboxylic acids is 1. The SMILES string of the molecule is COCc1c(Cl)cc(-c2cc(C(=O)O)no2)c(F)c1F. The zero-order valence-electron chi connectivity index (χ0n) is 10.1.